The van der Waals surface area contributed by atoms with Gasteiger partial charge in [0, 0.05) is 34.1 Å². The molecule has 4 unspecified atom stereocenters. The summed E-state index contributed by atoms with van der Waals surface area (Å²) < 4.78 is 6.46. The number of phenols is 1. The molecule has 6 rings (SSSR count). The van der Waals surface area contributed by atoms with Crippen molar-refractivity contribution < 1.29 is 29.3 Å². The molecule has 8 nitrogen and oxygen atoms in total. The second-order valence-corrected chi connectivity index (χ2v) is 16.7. The third-order valence-corrected chi connectivity index (χ3v) is 14.0. The number of hydrogen-bond acceptors (Lipinski definition) is 8. The molecule has 4 aliphatic carbocycles. The number of carbonyl (C=O) groups is 3. The summed E-state index contributed by atoms with van der Waals surface area (Å²) in [6.07, 6.45) is 4.53. The molecule has 2 spiro atoms. The van der Waals surface area contributed by atoms with Crippen LogP contribution >= 0.6 is 11.8 Å². The van der Waals surface area contributed by atoms with E-state index in [9.17, 15) is 24.6 Å². The molecule has 0 saturated heterocycles. The number of phenolic OH excluding ortho intramolecular Hbond substituents is 1. The maximum Gasteiger partial charge on any atom is 0.316 e. The third kappa shape index (κ3) is 5.59. The summed E-state index contributed by atoms with van der Waals surface area (Å²) in [7, 11) is 0. The number of aromatic hydroxyl groups is 1. The van der Waals surface area contributed by atoms with Crippen molar-refractivity contribution in [2.24, 2.45) is 45.1 Å². The van der Waals surface area contributed by atoms with Gasteiger partial charge in [-0.2, -0.15) is 0 Å². The first kappa shape index (κ1) is 34.7. The number of aliphatic hydroxyl groups excluding tert-OH is 1. The van der Waals surface area contributed by atoms with Gasteiger partial charge in [0.1, 0.15) is 17.6 Å². The van der Waals surface area contributed by atoms with Crippen LogP contribution in [0.3, 0.4) is 0 Å². The van der Waals surface area contributed by atoms with E-state index in [1.165, 1.54) is 11.8 Å². The zero-order valence-corrected chi connectivity index (χ0v) is 29.4. The largest absolute Gasteiger partial charge is 0.508 e. The molecule has 0 heterocycles. The lowest BCUT2D eigenvalue weighted by atomic mass is 9.32. The van der Waals surface area contributed by atoms with E-state index in [0.29, 0.717) is 31.6 Å². The highest BCUT2D eigenvalue weighted by Crippen LogP contribution is 2.82. The van der Waals surface area contributed by atoms with E-state index in [4.69, 9.17) is 10.5 Å². The van der Waals surface area contributed by atoms with Gasteiger partial charge >= 0.3 is 5.97 Å². The number of nitrogens with one attached hydrogen (secondary N) is 1. The number of hydrogen-bond donors (Lipinski definition) is 4. The first-order chi connectivity index (χ1) is 22.7. The smallest absolute Gasteiger partial charge is 0.316 e. The van der Waals surface area contributed by atoms with Crippen molar-refractivity contribution in [3.63, 3.8) is 0 Å². The minimum absolute atomic E-state index is 0.00983. The summed E-state index contributed by atoms with van der Waals surface area (Å²) >= 11 is 1.38. The normalized spacial score (nSPS) is 37.3. The van der Waals surface area contributed by atoms with Gasteiger partial charge in [-0.15, -0.1) is 18.3 Å². The highest BCUT2D eigenvalue weighted by Gasteiger charge is 2.81. The van der Waals surface area contributed by atoms with Crippen LogP contribution in [0.5, 0.6) is 5.75 Å². The highest BCUT2D eigenvalue weighted by atomic mass is 32.2. The number of ketones is 1. The number of thioether (sulfide) groups is 1. The Morgan fingerprint density at radius 1 is 1.15 bits per heavy atom. The number of esters is 1. The minimum atomic E-state index is -0.728. The predicted molar refractivity (Wildman–Crippen MR) is 186 cm³/mol. The average Bonchev–Trinajstić information content (AvgIpc) is 3.26. The van der Waals surface area contributed by atoms with Crippen molar-refractivity contribution in [1.29, 1.82) is 0 Å². The van der Waals surface area contributed by atoms with E-state index >= 15 is 0 Å². The number of benzene rings is 2. The topological polar surface area (TPSA) is 139 Å². The van der Waals surface area contributed by atoms with Gasteiger partial charge < -0.3 is 26.0 Å². The maximum absolute atomic E-state index is 13.6. The van der Waals surface area contributed by atoms with Crippen LogP contribution in [0.2, 0.25) is 0 Å². The van der Waals surface area contributed by atoms with Gasteiger partial charge in [-0.05, 0) is 90.7 Å². The van der Waals surface area contributed by atoms with Gasteiger partial charge in [0.05, 0.1) is 17.9 Å². The molecule has 0 radical (unpaired) electrons. The third-order valence-electron chi connectivity index (χ3n) is 13.1. The molecule has 258 valence electrons. The second-order valence-electron chi connectivity index (χ2n) is 15.7. The molecule has 5 N–H and O–H groups in total. The van der Waals surface area contributed by atoms with E-state index < -0.39 is 29.1 Å². The molecule has 1 amide bonds. The number of rotatable bonds is 10. The lowest BCUT2D eigenvalue weighted by molar-refractivity contribution is -0.257. The molecular formula is C39H50N2O6S. The number of nitrogens with two attached hydrogens (primary N) is 1. The van der Waals surface area contributed by atoms with Gasteiger partial charge in [0.25, 0.3) is 0 Å². The van der Waals surface area contributed by atoms with E-state index in [2.05, 4.69) is 32.7 Å². The highest BCUT2D eigenvalue weighted by molar-refractivity contribution is 8.00. The van der Waals surface area contributed by atoms with Crippen molar-refractivity contribution in [3.05, 3.63) is 72.3 Å². The molecule has 2 bridgehead atoms. The molecule has 2 aromatic rings. The molecule has 4 fully saturated rings. The summed E-state index contributed by atoms with van der Waals surface area (Å²) in [6.45, 7) is 13.1. The first-order valence-electron chi connectivity index (χ1n) is 17.3. The van der Waals surface area contributed by atoms with Gasteiger partial charge in [-0.3, -0.25) is 14.4 Å². The average molecular weight is 675 g/mol. The minimum Gasteiger partial charge on any atom is -0.508 e. The van der Waals surface area contributed by atoms with Crippen LogP contribution in [0.25, 0.3) is 0 Å². The molecule has 4 saturated carbocycles. The Morgan fingerprint density at radius 3 is 2.58 bits per heavy atom. The van der Waals surface area contributed by atoms with E-state index in [-0.39, 0.29) is 52.0 Å². The Hall–Kier alpha value is -3.14. The Kier molecular flexibility index (Phi) is 9.14. The van der Waals surface area contributed by atoms with E-state index in [1.807, 2.05) is 37.3 Å². The molecule has 9 heteroatoms. The number of Topliss-reactive ketones (excluding diaryl/α,β-unsaturated/α-hetero) is 1. The maximum atomic E-state index is 13.6. The molecule has 48 heavy (non-hydrogen) atoms. The van der Waals surface area contributed by atoms with Crippen LogP contribution in [0.4, 0.5) is 0 Å². The summed E-state index contributed by atoms with van der Waals surface area (Å²) in [5.41, 5.74) is 6.31. The molecule has 0 aromatic heterocycles. The number of aliphatic hydroxyl groups is 1. The fourth-order valence-electron chi connectivity index (χ4n) is 10.4. The zero-order chi connectivity index (χ0) is 34.6. The van der Waals surface area contributed by atoms with Crippen molar-refractivity contribution >= 4 is 29.4 Å². The number of ether oxygens (including phenoxy) is 1. The molecule has 4 aliphatic rings. The Balaban J connectivity index is 1.12. The van der Waals surface area contributed by atoms with Crippen molar-refractivity contribution in [3.8, 4) is 5.75 Å². The summed E-state index contributed by atoms with van der Waals surface area (Å²) in [5.74, 6) is 0.315. The molecule has 0 aliphatic heterocycles. The van der Waals surface area contributed by atoms with Crippen molar-refractivity contribution in [1.82, 2.24) is 5.32 Å². The van der Waals surface area contributed by atoms with Gasteiger partial charge in [0.2, 0.25) is 5.91 Å². The van der Waals surface area contributed by atoms with Crippen LogP contribution in [-0.4, -0.2) is 51.9 Å². The van der Waals surface area contributed by atoms with Crippen molar-refractivity contribution in [2.45, 2.75) is 95.9 Å². The van der Waals surface area contributed by atoms with Crippen LogP contribution in [0, 0.1) is 39.4 Å². The summed E-state index contributed by atoms with van der Waals surface area (Å²) in [6, 6.07) is 13.6. The van der Waals surface area contributed by atoms with Gasteiger partial charge in [0.15, 0.2) is 0 Å². The summed E-state index contributed by atoms with van der Waals surface area (Å²) in [5, 5.41) is 24.2. The van der Waals surface area contributed by atoms with Gasteiger partial charge in [-0.1, -0.05) is 58.0 Å². The van der Waals surface area contributed by atoms with Gasteiger partial charge in [-0.25, -0.2) is 0 Å². The second kappa shape index (κ2) is 12.6. The molecule has 10 atom stereocenters. The quantitative estimate of drug-likeness (QED) is 0.146. The lowest BCUT2D eigenvalue weighted by Crippen LogP contribution is -2.71. The summed E-state index contributed by atoms with van der Waals surface area (Å²) in [4.78, 5) is 40.7. The first-order valence-corrected chi connectivity index (χ1v) is 18.2. The Labute approximate surface area is 288 Å². The van der Waals surface area contributed by atoms with Crippen LogP contribution in [0.1, 0.15) is 70.9 Å². The zero-order valence-electron chi connectivity index (χ0n) is 28.5. The Bertz CT molecular complexity index is 1600. The standard InChI is InChI=1S/C39H50N2O6S/c1-6-36(4)19-31(37(5)23(2)18-39-22-38(35(37)39,15-14-30(39)43)24(3)33(36)45)47-32(44)21-48-28-9-7-8-26(16-28)20-41-34(46)29(40)17-25-10-12-27(42)13-11-25/h6-13,16,23-24,29,31,33,35,42,45H,1,14-15,17-22,40H2,2-5H3,(H,41,46)/t23?,24-,29+,31+,33-,35?,36+,37-,38?,39?/m0/s1. The van der Waals surface area contributed by atoms with E-state index in [1.54, 1.807) is 24.3 Å². The Morgan fingerprint density at radius 2 is 1.88 bits per heavy atom. The van der Waals surface area contributed by atoms with E-state index in [0.717, 1.165) is 35.3 Å². The van der Waals surface area contributed by atoms with Crippen LogP contribution < -0.4 is 11.1 Å². The number of amides is 1. The monoisotopic (exact) mass is 674 g/mol. The SMILES string of the molecule is C=C[C@]1(C)C[C@@H](OC(=O)CSc2cccc(CNC(=O)[C@H](N)Cc3ccc(O)cc3)c2)[C@]2(C)C(C)CC34CC(CCC3=O)(C42)[C@@H](C)[C@@H]1O. The van der Waals surface area contributed by atoms with Crippen LogP contribution in [0.15, 0.2) is 66.1 Å². The predicted octanol–water partition coefficient (Wildman–Crippen LogP) is 5.58. The van der Waals surface area contributed by atoms with Crippen LogP contribution in [-0.2, 0) is 32.1 Å². The van der Waals surface area contributed by atoms with Crippen molar-refractivity contribution in [2.75, 3.05) is 5.75 Å². The molecular weight excluding hydrogens is 625 g/mol. The molecule has 2 aromatic carbocycles. The fourth-order valence-corrected chi connectivity index (χ4v) is 11.2. The lowest BCUT2D eigenvalue weighted by Gasteiger charge is -2.71. The fraction of sp³-hybridized carbons (Fsp3) is 0.564. The number of carbonyl (C=O) groups excluding carboxylic acids is 3.